The Morgan fingerprint density at radius 3 is 2.58 bits per heavy atom. The minimum atomic E-state index is -4.11. The maximum atomic E-state index is 13.1. The Morgan fingerprint density at radius 2 is 2.00 bits per heavy atom. The number of hydrogen-bond acceptors (Lipinski definition) is 7. The number of rotatable bonds is 7. The van der Waals surface area contributed by atoms with Crippen molar-refractivity contribution in [3.8, 4) is 5.75 Å². The first-order chi connectivity index (χ1) is 12.1. The first-order valence-electron chi connectivity index (χ1n) is 7.85. The third kappa shape index (κ3) is 4.69. The predicted octanol–water partition coefficient (Wildman–Crippen LogP) is 0.696. The fourth-order valence-corrected chi connectivity index (χ4v) is 5.21. The Kier molecular flexibility index (Phi) is 6.21. The number of nitro groups is 1. The SMILES string of the molecule is COc1ccc([N+](=O)[O-])cc1S(=O)(=O)N1CCCC[C@@H]1CNS(C)(=O)=O. The van der Waals surface area contributed by atoms with Gasteiger partial charge in [-0.1, -0.05) is 6.42 Å². The average molecular weight is 407 g/mol. The van der Waals surface area contributed by atoms with Crippen LogP contribution in [-0.2, 0) is 20.0 Å². The van der Waals surface area contributed by atoms with Crippen LogP contribution in [-0.4, -0.2) is 58.6 Å². The van der Waals surface area contributed by atoms with Crippen molar-refractivity contribution in [3.05, 3.63) is 28.3 Å². The van der Waals surface area contributed by atoms with Crippen LogP contribution in [0.4, 0.5) is 5.69 Å². The number of nitrogens with zero attached hydrogens (tertiary/aromatic N) is 2. The number of non-ortho nitro benzene ring substituents is 1. The topological polar surface area (TPSA) is 136 Å². The van der Waals surface area contributed by atoms with E-state index in [2.05, 4.69) is 4.72 Å². The normalized spacial score (nSPS) is 19.2. The molecule has 1 aromatic carbocycles. The summed E-state index contributed by atoms with van der Waals surface area (Å²) in [7, 11) is -6.31. The Bertz CT molecular complexity index is 884. The zero-order valence-corrected chi connectivity index (χ0v) is 16.0. The summed E-state index contributed by atoms with van der Waals surface area (Å²) in [6, 6.07) is 2.78. The van der Waals surface area contributed by atoms with Crippen LogP contribution >= 0.6 is 0 Å². The van der Waals surface area contributed by atoms with Crippen LogP contribution in [0.1, 0.15) is 19.3 Å². The minimum Gasteiger partial charge on any atom is -0.495 e. The largest absolute Gasteiger partial charge is 0.495 e. The molecule has 1 aliphatic rings. The highest BCUT2D eigenvalue weighted by Gasteiger charge is 2.36. The van der Waals surface area contributed by atoms with E-state index in [0.717, 1.165) is 24.8 Å². The number of nitro benzene ring substituents is 1. The average Bonchev–Trinajstić information content (AvgIpc) is 2.58. The Labute approximate surface area is 152 Å². The molecule has 12 heteroatoms. The van der Waals surface area contributed by atoms with Gasteiger partial charge in [-0.3, -0.25) is 10.1 Å². The second kappa shape index (κ2) is 7.86. The second-order valence-electron chi connectivity index (χ2n) is 5.98. The first-order valence-corrected chi connectivity index (χ1v) is 11.2. The quantitative estimate of drug-likeness (QED) is 0.519. The number of nitrogens with one attached hydrogen (secondary N) is 1. The van der Waals surface area contributed by atoms with Gasteiger partial charge in [-0.05, 0) is 18.9 Å². The summed E-state index contributed by atoms with van der Waals surface area (Å²) in [5.74, 6) is -0.00371. The molecule has 1 saturated heterocycles. The number of benzene rings is 1. The highest BCUT2D eigenvalue weighted by atomic mass is 32.2. The highest BCUT2D eigenvalue weighted by molar-refractivity contribution is 7.89. The predicted molar refractivity (Wildman–Crippen MR) is 94.0 cm³/mol. The summed E-state index contributed by atoms with van der Waals surface area (Å²) in [6.45, 7) is 0.138. The first kappa shape index (κ1) is 20.6. The summed E-state index contributed by atoms with van der Waals surface area (Å²) < 4.78 is 57.5. The zero-order chi connectivity index (χ0) is 19.5. The maximum absolute atomic E-state index is 13.1. The van der Waals surface area contributed by atoms with Crippen molar-refractivity contribution in [2.24, 2.45) is 0 Å². The number of methoxy groups -OCH3 is 1. The molecule has 1 N–H and O–H groups in total. The van der Waals surface area contributed by atoms with Crippen molar-refractivity contribution < 1.29 is 26.5 Å². The van der Waals surface area contributed by atoms with E-state index in [9.17, 15) is 26.9 Å². The summed E-state index contributed by atoms with van der Waals surface area (Å²) in [5, 5.41) is 11.0. The number of ether oxygens (including phenoxy) is 1. The van der Waals surface area contributed by atoms with Crippen LogP contribution in [0, 0.1) is 10.1 Å². The van der Waals surface area contributed by atoms with Crippen molar-refractivity contribution in [1.29, 1.82) is 0 Å². The molecule has 1 fully saturated rings. The summed E-state index contributed by atoms with van der Waals surface area (Å²) in [6.07, 6.45) is 2.86. The molecule has 0 aliphatic carbocycles. The lowest BCUT2D eigenvalue weighted by Gasteiger charge is -2.34. The third-order valence-corrected chi connectivity index (χ3v) is 6.76. The molecular formula is C14H21N3O7S2. The van der Waals surface area contributed by atoms with Gasteiger partial charge < -0.3 is 4.74 Å². The molecule has 2 rings (SSSR count). The van der Waals surface area contributed by atoms with E-state index in [1.165, 1.54) is 17.5 Å². The van der Waals surface area contributed by atoms with Crippen molar-refractivity contribution in [2.75, 3.05) is 26.5 Å². The van der Waals surface area contributed by atoms with E-state index in [1.807, 2.05) is 0 Å². The fourth-order valence-electron chi connectivity index (χ4n) is 2.85. The molecule has 0 saturated carbocycles. The van der Waals surface area contributed by atoms with E-state index in [0.29, 0.717) is 12.8 Å². The van der Waals surface area contributed by atoms with Crippen molar-refractivity contribution >= 4 is 25.7 Å². The van der Waals surface area contributed by atoms with Gasteiger partial charge in [0.15, 0.2) is 0 Å². The molecule has 0 amide bonds. The van der Waals surface area contributed by atoms with Gasteiger partial charge in [0, 0.05) is 31.3 Å². The van der Waals surface area contributed by atoms with Crippen LogP contribution in [0.25, 0.3) is 0 Å². The molecular weight excluding hydrogens is 386 g/mol. The van der Waals surface area contributed by atoms with Gasteiger partial charge in [0.05, 0.1) is 18.3 Å². The van der Waals surface area contributed by atoms with Gasteiger partial charge in [0.1, 0.15) is 10.6 Å². The molecule has 1 aliphatic heterocycles. The monoisotopic (exact) mass is 407 g/mol. The van der Waals surface area contributed by atoms with Crippen molar-refractivity contribution in [2.45, 2.75) is 30.2 Å². The van der Waals surface area contributed by atoms with Gasteiger partial charge in [-0.2, -0.15) is 4.31 Å². The summed E-state index contributed by atoms with van der Waals surface area (Å²) in [5.41, 5.74) is -0.368. The maximum Gasteiger partial charge on any atom is 0.271 e. The molecule has 0 bridgehead atoms. The van der Waals surface area contributed by atoms with E-state index in [1.54, 1.807) is 0 Å². The van der Waals surface area contributed by atoms with Crippen molar-refractivity contribution in [1.82, 2.24) is 9.03 Å². The Hall–Kier alpha value is -1.76. The highest BCUT2D eigenvalue weighted by Crippen LogP contribution is 2.33. The molecule has 0 aromatic heterocycles. The lowest BCUT2D eigenvalue weighted by Crippen LogP contribution is -2.49. The molecule has 0 unspecified atom stereocenters. The van der Waals surface area contributed by atoms with Crippen LogP contribution in [0.3, 0.4) is 0 Å². The molecule has 1 atom stereocenters. The second-order valence-corrected chi connectivity index (χ2v) is 9.67. The molecule has 10 nitrogen and oxygen atoms in total. The lowest BCUT2D eigenvalue weighted by molar-refractivity contribution is -0.385. The van der Waals surface area contributed by atoms with E-state index in [-0.39, 0.29) is 29.4 Å². The number of piperidine rings is 1. The van der Waals surface area contributed by atoms with Gasteiger partial charge in [-0.25, -0.2) is 21.6 Å². The molecule has 146 valence electrons. The van der Waals surface area contributed by atoms with E-state index in [4.69, 9.17) is 4.74 Å². The molecule has 0 radical (unpaired) electrons. The Morgan fingerprint density at radius 1 is 1.31 bits per heavy atom. The summed E-state index contributed by atoms with van der Waals surface area (Å²) in [4.78, 5) is 10.0. The van der Waals surface area contributed by atoms with Gasteiger partial charge in [0.2, 0.25) is 20.0 Å². The molecule has 1 heterocycles. The number of sulfonamides is 2. The zero-order valence-electron chi connectivity index (χ0n) is 14.4. The molecule has 26 heavy (non-hydrogen) atoms. The standard InChI is InChI=1S/C14H21N3O7S2/c1-24-13-7-6-11(17(18)19)9-14(13)26(22,23)16-8-4-3-5-12(16)10-15-25(2,20)21/h6-7,9,12,15H,3-5,8,10H2,1-2H3/t12-/m1/s1. The fraction of sp³-hybridized carbons (Fsp3) is 0.571. The van der Waals surface area contributed by atoms with E-state index >= 15 is 0 Å². The summed E-state index contributed by atoms with van der Waals surface area (Å²) >= 11 is 0. The van der Waals surface area contributed by atoms with Gasteiger partial charge >= 0.3 is 0 Å². The van der Waals surface area contributed by atoms with E-state index < -0.39 is 31.0 Å². The van der Waals surface area contributed by atoms with Crippen LogP contribution in [0.5, 0.6) is 5.75 Å². The van der Waals surface area contributed by atoms with Crippen LogP contribution in [0.15, 0.2) is 23.1 Å². The lowest BCUT2D eigenvalue weighted by atomic mass is 10.1. The smallest absolute Gasteiger partial charge is 0.271 e. The molecule has 0 spiro atoms. The van der Waals surface area contributed by atoms with Crippen LogP contribution in [0.2, 0.25) is 0 Å². The van der Waals surface area contributed by atoms with Gasteiger partial charge in [-0.15, -0.1) is 0 Å². The van der Waals surface area contributed by atoms with Crippen molar-refractivity contribution in [3.63, 3.8) is 0 Å². The van der Waals surface area contributed by atoms with Crippen LogP contribution < -0.4 is 9.46 Å². The Balaban J connectivity index is 2.43. The minimum absolute atomic E-state index is 0.00371. The van der Waals surface area contributed by atoms with Gasteiger partial charge in [0.25, 0.3) is 5.69 Å². The third-order valence-electron chi connectivity index (χ3n) is 4.10. The molecule has 1 aromatic rings. The number of hydrogen-bond donors (Lipinski definition) is 1.